The van der Waals surface area contributed by atoms with Crippen LogP contribution in [0.2, 0.25) is 0 Å². The molecule has 0 unspecified atom stereocenters. The minimum absolute atomic E-state index is 0.118. The average molecular weight is 326 g/mol. The quantitative estimate of drug-likeness (QED) is 0.937. The Morgan fingerprint density at radius 1 is 1.42 bits per heavy atom. The fourth-order valence-electron chi connectivity index (χ4n) is 1.46. The van der Waals surface area contributed by atoms with Crippen LogP contribution >= 0.6 is 15.9 Å². The van der Waals surface area contributed by atoms with E-state index in [1.54, 1.807) is 12.1 Å². The third-order valence-corrected chi connectivity index (χ3v) is 3.11. The first-order chi connectivity index (χ1) is 9.08. The second kappa shape index (κ2) is 5.79. The van der Waals surface area contributed by atoms with E-state index in [1.165, 1.54) is 24.4 Å². The molecular formula is C13H9BrFNO3. The number of carboxylic acids is 1. The van der Waals surface area contributed by atoms with Crippen molar-refractivity contribution in [2.24, 2.45) is 0 Å². The van der Waals surface area contributed by atoms with Crippen LogP contribution in [0.15, 0.2) is 41.0 Å². The largest absolute Gasteiger partial charge is 0.486 e. The Labute approximate surface area is 117 Å². The van der Waals surface area contributed by atoms with Crippen LogP contribution in [0.25, 0.3) is 0 Å². The lowest BCUT2D eigenvalue weighted by Crippen LogP contribution is -2.05. The molecule has 98 valence electrons. The van der Waals surface area contributed by atoms with Crippen molar-refractivity contribution in [1.82, 2.24) is 4.98 Å². The van der Waals surface area contributed by atoms with Gasteiger partial charge in [0.2, 0.25) is 0 Å². The third kappa shape index (κ3) is 3.29. The zero-order chi connectivity index (χ0) is 13.8. The predicted octanol–water partition coefficient (Wildman–Crippen LogP) is 3.26. The van der Waals surface area contributed by atoms with E-state index in [-0.39, 0.29) is 23.9 Å². The van der Waals surface area contributed by atoms with Crippen LogP contribution in [0.5, 0.6) is 5.75 Å². The van der Waals surface area contributed by atoms with Gasteiger partial charge in [-0.15, -0.1) is 0 Å². The summed E-state index contributed by atoms with van der Waals surface area (Å²) in [6.07, 6.45) is 1.38. The number of hydrogen-bond donors (Lipinski definition) is 1. The van der Waals surface area contributed by atoms with Gasteiger partial charge in [-0.2, -0.15) is 0 Å². The maximum absolute atomic E-state index is 12.9. The number of hydrogen-bond acceptors (Lipinski definition) is 3. The number of halogens is 2. The van der Waals surface area contributed by atoms with Gasteiger partial charge in [0.15, 0.2) is 11.4 Å². The highest BCUT2D eigenvalue weighted by Crippen LogP contribution is 2.21. The first-order valence-electron chi connectivity index (χ1n) is 5.33. The number of aromatic nitrogens is 1. The Balaban J connectivity index is 2.17. The smallest absolute Gasteiger partial charge is 0.358 e. The zero-order valence-corrected chi connectivity index (χ0v) is 11.2. The Morgan fingerprint density at radius 2 is 2.21 bits per heavy atom. The predicted molar refractivity (Wildman–Crippen MR) is 69.6 cm³/mol. The van der Waals surface area contributed by atoms with Gasteiger partial charge in [-0.25, -0.2) is 14.2 Å². The van der Waals surface area contributed by atoms with Crippen LogP contribution in [0.3, 0.4) is 0 Å². The highest BCUT2D eigenvalue weighted by Gasteiger charge is 2.12. The van der Waals surface area contributed by atoms with Crippen molar-refractivity contribution < 1.29 is 19.0 Å². The maximum atomic E-state index is 12.9. The SMILES string of the molecule is O=C(O)c1ncccc1OCc1ccc(F)cc1Br. The molecule has 2 aromatic rings. The van der Waals surface area contributed by atoms with Crippen LogP contribution in [0, 0.1) is 5.82 Å². The highest BCUT2D eigenvalue weighted by atomic mass is 79.9. The standard InChI is InChI=1S/C13H9BrFNO3/c14-10-6-9(15)4-3-8(10)7-19-11-2-1-5-16-12(11)13(17)18/h1-6H,7H2,(H,17,18). The molecule has 0 fully saturated rings. The number of nitrogens with zero attached hydrogens (tertiary/aromatic N) is 1. The van der Waals surface area contributed by atoms with Crippen molar-refractivity contribution in [2.45, 2.75) is 6.61 Å². The third-order valence-electron chi connectivity index (χ3n) is 2.37. The topological polar surface area (TPSA) is 59.4 Å². The molecule has 4 nitrogen and oxygen atoms in total. The van der Waals surface area contributed by atoms with Crippen molar-refractivity contribution >= 4 is 21.9 Å². The van der Waals surface area contributed by atoms with Gasteiger partial charge in [-0.05, 0) is 24.3 Å². The first-order valence-corrected chi connectivity index (χ1v) is 6.12. The Kier molecular flexibility index (Phi) is 4.11. The van der Waals surface area contributed by atoms with Gasteiger partial charge in [0.05, 0.1) is 0 Å². The second-order valence-corrected chi connectivity index (χ2v) is 4.53. The molecule has 0 spiro atoms. The zero-order valence-electron chi connectivity index (χ0n) is 9.64. The number of benzene rings is 1. The number of pyridine rings is 1. The molecule has 0 amide bonds. The van der Waals surface area contributed by atoms with E-state index < -0.39 is 5.97 Å². The van der Waals surface area contributed by atoms with Crippen LogP contribution < -0.4 is 4.74 Å². The lowest BCUT2D eigenvalue weighted by Gasteiger charge is -2.09. The van der Waals surface area contributed by atoms with E-state index >= 15 is 0 Å². The lowest BCUT2D eigenvalue weighted by atomic mass is 10.2. The van der Waals surface area contributed by atoms with Crippen molar-refractivity contribution in [3.8, 4) is 5.75 Å². The summed E-state index contributed by atoms with van der Waals surface area (Å²) in [7, 11) is 0. The van der Waals surface area contributed by atoms with Crippen LogP contribution in [0.4, 0.5) is 4.39 Å². The molecule has 0 saturated carbocycles. The van der Waals surface area contributed by atoms with Crippen molar-refractivity contribution in [1.29, 1.82) is 0 Å². The summed E-state index contributed by atoms with van der Waals surface area (Å²) in [4.78, 5) is 14.7. The van der Waals surface area contributed by atoms with E-state index in [1.807, 2.05) is 0 Å². The molecule has 0 radical (unpaired) electrons. The fourth-order valence-corrected chi connectivity index (χ4v) is 1.93. The average Bonchev–Trinajstić information content (AvgIpc) is 2.38. The molecule has 19 heavy (non-hydrogen) atoms. The minimum atomic E-state index is -1.16. The van der Waals surface area contributed by atoms with Gasteiger partial charge in [0.25, 0.3) is 0 Å². The van der Waals surface area contributed by atoms with Crippen LogP contribution in [-0.2, 0) is 6.61 Å². The Hall–Kier alpha value is -1.95. The van der Waals surface area contributed by atoms with E-state index in [0.29, 0.717) is 10.0 Å². The summed E-state index contributed by atoms with van der Waals surface area (Å²) in [5.74, 6) is -1.34. The Morgan fingerprint density at radius 3 is 2.89 bits per heavy atom. The van der Waals surface area contributed by atoms with Crippen LogP contribution in [0.1, 0.15) is 16.1 Å². The van der Waals surface area contributed by atoms with Crippen molar-refractivity contribution in [3.63, 3.8) is 0 Å². The fraction of sp³-hybridized carbons (Fsp3) is 0.0769. The van der Waals surface area contributed by atoms with E-state index in [0.717, 1.165) is 0 Å². The molecule has 1 N–H and O–H groups in total. The van der Waals surface area contributed by atoms with E-state index in [9.17, 15) is 9.18 Å². The van der Waals surface area contributed by atoms with Crippen LogP contribution in [-0.4, -0.2) is 16.1 Å². The number of rotatable bonds is 4. The first kappa shape index (κ1) is 13.5. The number of carbonyl (C=O) groups is 1. The molecule has 2 rings (SSSR count). The normalized spacial score (nSPS) is 10.2. The molecule has 1 heterocycles. The molecule has 6 heteroatoms. The summed E-state index contributed by atoms with van der Waals surface area (Å²) in [5.41, 5.74) is 0.558. The summed E-state index contributed by atoms with van der Waals surface area (Å²) < 4.78 is 18.9. The van der Waals surface area contributed by atoms with Gasteiger partial charge in [-0.1, -0.05) is 22.0 Å². The molecule has 0 saturated heterocycles. The minimum Gasteiger partial charge on any atom is -0.486 e. The molecular weight excluding hydrogens is 317 g/mol. The number of carboxylic acid groups (broad SMARTS) is 1. The van der Waals surface area contributed by atoms with Gasteiger partial charge in [0, 0.05) is 16.2 Å². The highest BCUT2D eigenvalue weighted by molar-refractivity contribution is 9.10. The van der Waals surface area contributed by atoms with Crippen molar-refractivity contribution in [3.05, 3.63) is 58.1 Å². The second-order valence-electron chi connectivity index (χ2n) is 3.68. The molecule has 0 bridgehead atoms. The summed E-state index contributed by atoms with van der Waals surface area (Å²) >= 11 is 3.22. The van der Waals surface area contributed by atoms with Gasteiger partial charge in [0.1, 0.15) is 12.4 Å². The number of ether oxygens (including phenoxy) is 1. The van der Waals surface area contributed by atoms with E-state index in [4.69, 9.17) is 9.84 Å². The molecule has 0 aliphatic rings. The summed E-state index contributed by atoms with van der Waals surface area (Å²) in [5, 5.41) is 8.95. The number of aromatic carboxylic acids is 1. The molecule has 1 aromatic carbocycles. The summed E-state index contributed by atoms with van der Waals surface area (Å²) in [6, 6.07) is 7.30. The molecule has 0 atom stereocenters. The molecule has 0 aliphatic carbocycles. The molecule has 0 aliphatic heterocycles. The molecule has 1 aromatic heterocycles. The van der Waals surface area contributed by atoms with Gasteiger partial charge < -0.3 is 9.84 Å². The monoisotopic (exact) mass is 325 g/mol. The van der Waals surface area contributed by atoms with Gasteiger partial charge in [-0.3, -0.25) is 0 Å². The van der Waals surface area contributed by atoms with Crippen molar-refractivity contribution in [2.75, 3.05) is 0 Å². The van der Waals surface area contributed by atoms with Gasteiger partial charge >= 0.3 is 5.97 Å². The lowest BCUT2D eigenvalue weighted by molar-refractivity contribution is 0.0685. The summed E-state index contributed by atoms with van der Waals surface area (Å²) in [6.45, 7) is 0.118. The Bertz CT molecular complexity index is 619. The van der Waals surface area contributed by atoms with E-state index in [2.05, 4.69) is 20.9 Å². The maximum Gasteiger partial charge on any atom is 0.358 e.